The summed E-state index contributed by atoms with van der Waals surface area (Å²) in [4.78, 5) is 40.8. The molecule has 0 saturated heterocycles. The molecule has 0 aliphatic carbocycles. The molecule has 0 aromatic heterocycles. The molecule has 9 heteroatoms. The molecule has 0 unspecified atom stereocenters. The summed E-state index contributed by atoms with van der Waals surface area (Å²) in [5, 5.41) is 11.0. The standard InChI is InChI=1S/C20H24N2O7/c1-5-11-15-12-9-7-8-10-13(12)21(19(25)27-3)17(22(15)20(26)28-4)14(16(11)23)18(24)29-6-2/h7-11,15,17,23H,5-6H2,1-4H3/t11-,15+,17-/m1/s1. The SMILES string of the molecule is CCOC(=O)C1=C(O)[C@H](CC)[C@H]2c3ccccc3N(C(=O)OC)[C@@H]1N2C(=O)OC. The number of benzene rings is 1. The molecule has 2 heterocycles. The van der Waals surface area contributed by atoms with Crippen molar-refractivity contribution in [2.45, 2.75) is 32.5 Å². The maximum absolute atomic E-state index is 12.8. The van der Waals surface area contributed by atoms with Gasteiger partial charge in [-0.05, 0) is 25.0 Å². The monoisotopic (exact) mass is 404 g/mol. The number of nitrogens with zero attached hydrogens (tertiary/aromatic N) is 2. The van der Waals surface area contributed by atoms with Gasteiger partial charge in [-0.3, -0.25) is 9.80 Å². The van der Waals surface area contributed by atoms with E-state index < -0.39 is 36.3 Å². The van der Waals surface area contributed by atoms with Crippen molar-refractivity contribution >= 4 is 23.8 Å². The zero-order valence-corrected chi connectivity index (χ0v) is 16.7. The molecule has 2 amide bonds. The lowest BCUT2D eigenvalue weighted by Crippen LogP contribution is -2.63. The van der Waals surface area contributed by atoms with E-state index >= 15 is 0 Å². The summed E-state index contributed by atoms with van der Waals surface area (Å²) in [6.07, 6.45) is -2.36. The van der Waals surface area contributed by atoms with E-state index in [2.05, 4.69) is 0 Å². The molecule has 29 heavy (non-hydrogen) atoms. The predicted molar refractivity (Wildman–Crippen MR) is 102 cm³/mol. The van der Waals surface area contributed by atoms with Crippen LogP contribution in [0.3, 0.4) is 0 Å². The van der Waals surface area contributed by atoms with Crippen LogP contribution in [0.5, 0.6) is 0 Å². The lowest BCUT2D eigenvalue weighted by Gasteiger charge is -2.52. The van der Waals surface area contributed by atoms with E-state index in [9.17, 15) is 19.5 Å². The van der Waals surface area contributed by atoms with E-state index in [1.54, 1.807) is 31.2 Å². The van der Waals surface area contributed by atoms with Crippen LogP contribution in [-0.4, -0.2) is 55.2 Å². The Kier molecular flexibility index (Phi) is 5.67. The number of carbonyl (C=O) groups excluding carboxylic acids is 3. The first kappa shape index (κ1) is 20.5. The van der Waals surface area contributed by atoms with Crippen LogP contribution in [0.4, 0.5) is 15.3 Å². The van der Waals surface area contributed by atoms with Crippen molar-refractivity contribution in [3.05, 3.63) is 41.2 Å². The predicted octanol–water partition coefficient (Wildman–Crippen LogP) is 3.12. The summed E-state index contributed by atoms with van der Waals surface area (Å²) in [7, 11) is 2.42. The quantitative estimate of drug-likeness (QED) is 0.609. The number of anilines is 1. The second-order valence-corrected chi connectivity index (χ2v) is 6.63. The van der Waals surface area contributed by atoms with E-state index in [1.807, 2.05) is 6.92 Å². The Hall–Kier alpha value is -3.23. The van der Waals surface area contributed by atoms with Crippen LogP contribution in [0.1, 0.15) is 31.9 Å². The number of aliphatic hydroxyl groups is 1. The molecule has 2 bridgehead atoms. The number of amides is 2. The first-order valence-corrected chi connectivity index (χ1v) is 9.35. The third-order valence-corrected chi connectivity index (χ3v) is 5.28. The number of aliphatic hydroxyl groups excluding tert-OH is 1. The highest BCUT2D eigenvalue weighted by Crippen LogP contribution is 2.51. The number of methoxy groups -OCH3 is 2. The highest BCUT2D eigenvalue weighted by atomic mass is 16.6. The van der Waals surface area contributed by atoms with Gasteiger partial charge in [0.05, 0.1) is 32.6 Å². The average molecular weight is 404 g/mol. The molecule has 1 aromatic rings. The maximum Gasteiger partial charge on any atom is 0.416 e. The number of ether oxygens (including phenoxy) is 3. The second-order valence-electron chi connectivity index (χ2n) is 6.63. The Balaban J connectivity index is 2.35. The minimum Gasteiger partial charge on any atom is -0.511 e. The molecule has 3 atom stereocenters. The molecular weight excluding hydrogens is 380 g/mol. The van der Waals surface area contributed by atoms with Gasteiger partial charge in [0, 0.05) is 5.92 Å². The third kappa shape index (κ3) is 3.06. The summed E-state index contributed by atoms with van der Waals surface area (Å²) in [6.45, 7) is 3.54. The lowest BCUT2D eigenvalue weighted by molar-refractivity contribution is -0.140. The fraction of sp³-hybridized carbons (Fsp3) is 0.450. The molecule has 3 rings (SSSR count). The lowest BCUT2D eigenvalue weighted by atomic mass is 9.78. The topological polar surface area (TPSA) is 106 Å². The summed E-state index contributed by atoms with van der Waals surface area (Å²) < 4.78 is 15.0. The van der Waals surface area contributed by atoms with E-state index in [0.29, 0.717) is 17.7 Å². The normalized spacial score (nSPS) is 22.7. The van der Waals surface area contributed by atoms with Crippen LogP contribution in [0.15, 0.2) is 35.6 Å². The highest BCUT2D eigenvalue weighted by molar-refractivity contribution is 5.99. The maximum atomic E-state index is 12.8. The molecule has 9 nitrogen and oxygen atoms in total. The van der Waals surface area contributed by atoms with Gasteiger partial charge in [0.15, 0.2) is 6.17 Å². The Morgan fingerprint density at radius 2 is 1.72 bits per heavy atom. The first-order valence-electron chi connectivity index (χ1n) is 9.35. The van der Waals surface area contributed by atoms with Crippen molar-refractivity contribution in [1.29, 1.82) is 0 Å². The molecule has 0 radical (unpaired) electrons. The Morgan fingerprint density at radius 1 is 1.07 bits per heavy atom. The number of hydrogen-bond acceptors (Lipinski definition) is 7. The largest absolute Gasteiger partial charge is 0.511 e. The molecular formula is C20H24N2O7. The van der Waals surface area contributed by atoms with Gasteiger partial charge in [-0.1, -0.05) is 25.1 Å². The van der Waals surface area contributed by atoms with Gasteiger partial charge in [0.25, 0.3) is 0 Å². The summed E-state index contributed by atoms with van der Waals surface area (Å²) >= 11 is 0. The average Bonchev–Trinajstić information content (AvgIpc) is 2.73. The number of para-hydroxylation sites is 1. The van der Waals surface area contributed by atoms with Gasteiger partial charge < -0.3 is 19.3 Å². The molecule has 156 valence electrons. The van der Waals surface area contributed by atoms with E-state index in [0.717, 1.165) is 4.90 Å². The van der Waals surface area contributed by atoms with Crippen LogP contribution in [0.25, 0.3) is 0 Å². The number of esters is 1. The van der Waals surface area contributed by atoms with Crippen LogP contribution < -0.4 is 4.90 Å². The minimum absolute atomic E-state index is 0.0651. The summed E-state index contributed by atoms with van der Waals surface area (Å²) in [6, 6.07) is 6.37. The minimum atomic E-state index is -1.27. The van der Waals surface area contributed by atoms with Crippen LogP contribution >= 0.6 is 0 Å². The van der Waals surface area contributed by atoms with Crippen molar-refractivity contribution < 1.29 is 33.7 Å². The Labute approximate surface area is 168 Å². The van der Waals surface area contributed by atoms with Gasteiger partial charge >= 0.3 is 18.2 Å². The van der Waals surface area contributed by atoms with Gasteiger partial charge in [0.1, 0.15) is 11.3 Å². The fourth-order valence-electron chi connectivity index (χ4n) is 4.13. The number of hydrogen-bond donors (Lipinski definition) is 1. The number of rotatable bonds is 3. The van der Waals surface area contributed by atoms with Gasteiger partial charge in [-0.15, -0.1) is 0 Å². The van der Waals surface area contributed by atoms with Crippen molar-refractivity contribution in [3.8, 4) is 0 Å². The van der Waals surface area contributed by atoms with Crippen molar-refractivity contribution in [2.24, 2.45) is 5.92 Å². The molecule has 0 fully saturated rings. The summed E-state index contributed by atoms with van der Waals surface area (Å²) in [5.74, 6) is -1.59. The second kappa shape index (κ2) is 8.02. The number of fused-ring (bicyclic) bond motifs is 4. The van der Waals surface area contributed by atoms with Crippen LogP contribution in [-0.2, 0) is 19.0 Å². The highest BCUT2D eigenvalue weighted by Gasteiger charge is 2.56. The van der Waals surface area contributed by atoms with Crippen molar-refractivity contribution in [1.82, 2.24) is 4.90 Å². The van der Waals surface area contributed by atoms with Crippen LogP contribution in [0.2, 0.25) is 0 Å². The molecule has 0 spiro atoms. The van der Waals surface area contributed by atoms with Crippen LogP contribution in [0, 0.1) is 5.92 Å². The van der Waals surface area contributed by atoms with E-state index in [4.69, 9.17) is 14.2 Å². The van der Waals surface area contributed by atoms with Gasteiger partial charge in [-0.25, -0.2) is 14.4 Å². The smallest absolute Gasteiger partial charge is 0.416 e. The number of carbonyl (C=O) groups is 3. The van der Waals surface area contributed by atoms with Crippen molar-refractivity contribution in [2.75, 3.05) is 25.7 Å². The molecule has 1 aromatic carbocycles. The van der Waals surface area contributed by atoms with Gasteiger partial charge in [-0.2, -0.15) is 0 Å². The Bertz CT molecular complexity index is 866. The zero-order valence-electron chi connectivity index (χ0n) is 16.7. The zero-order chi connectivity index (χ0) is 21.3. The molecule has 2 aliphatic rings. The van der Waals surface area contributed by atoms with E-state index in [1.165, 1.54) is 19.1 Å². The van der Waals surface area contributed by atoms with E-state index in [-0.39, 0.29) is 17.9 Å². The molecule has 1 N–H and O–H groups in total. The summed E-state index contributed by atoms with van der Waals surface area (Å²) in [5.41, 5.74) is 0.948. The third-order valence-electron chi connectivity index (χ3n) is 5.28. The fourth-order valence-corrected chi connectivity index (χ4v) is 4.13. The molecule has 0 saturated carbocycles. The van der Waals surface area contributed by atoms with Crippen molar-refractivity contribution in [3.63, 3.8) is 0 Å². The Morgan fingerprint density at radius 3 is 2.31 bits per heavy atom. The first-order chi connectivity index (χ1) is 13.9. The molecule has 2 aliphatic heterocycles. The van der Waals surface area contributed by atoms with Gasteiger partial charge in [0.2, 0.25) is 0 Å².